The van der Waals surface area contributed by atoms with Crippen LogP contribution in [0.3, 0.4) is 0 Å². The van der Waals surface area contributed by atoms with Crippen LogP contribution >= 0.6 is 27.7 Å². The van der Waals surface area contributed by atoms with Crippen molar-refractivity contribution in [1.29, 1.82) is 0 Å². The first-order valence-electron chi connectivity index (χ1n) is 5.93. The van der Waals surface area contributed by atoms with Crippen LogP contribution < -0.4 is 5.69 Å². The predicted molar refractivity (Wildman–Crippen MR) is 75.3 cm³/mol. The quantitative estimate of drug-likeness (QED) is 0.895. The van der Waals surface area contributed by atoms with E-state index in [9.17, 15) is 9.90 Å². The van der Waals surface area contributed by atoms with Crippen molar-refractivity contribution in [1.82, 2.24) is 14.8 Å². The summed E-state index contributed by atoms with van der Waals surface area (Å²) in [6.45, 7) is -0.0418. The second-order valence-corrected chi connectivity index (χ2v) is 6.35. The number of halogens is 1. The molecule has 5 nitrogen and oxygen atoms in total. The van der Waals surface area contributed by atoms with Crippen LogP contribution in [0.2, 0.25) is 0 Å². The molecule has 0 amide bonds. The molecule has 2 aromatic rings. The maximum absolute atomic E-state index is 11.7. The van der Waals surface area contributed by atoms with Crippen LogP contribution in [0.1, 0.15) is 24.4 Å². The van der Waals surface area contributed by atoms with Gasteiger partial charge in [0.2, 0.25) is 0 Å². The summed E-state index contributed by atoms with van der Waals surface area (Å²) in [7, 11) is 0. The molecule has 0 unspecified atom stereocenters. The molecule has 1 aliphatic rings. The largest absolute Gasteiger partial charge is 0.392 e. The summed E-state index contributed by atoms with van der Waals surface area (Å²) in [6.07, 6.45) is 2.06. The molecule has 1 aromatic heterocycles. The van der Waals surface area contributed by atoms with Gasteiger partial charge >= 0.3 is 5.69 Å². The number of nitrogens with zero attached hydrogens (tertiary/aromatic N) is 2. The van der Waals surface area contributed by atoms with Crippen molar-refractivity contribution in [3.63, 3.8) is 0 Å². The highest BCUT2D eigenvalue weighted by Crippen LogP contribution is 2.38. The van der Waals surface area contributed by atoms with Gasteiger partial charge in [0.05, 0.1) is 6.61 Å². The van der Waals surface area contributed by atoms with Crippen molar-refractivity contribution >= 4 is 27.7 Å². The lowest BCUT2D eigenvalue weighted by Gasteiger charge is -2.07. The van der Waals surface area contributed by atoms with Crippen LogP contribution in [0, 0.1) is 0 Å². The van der Waals surface area contributed by atoms with E-state index in [1.807, 2.05) is 18.2 Å². The summed E-state index contributed by atoms with van der Waals surface area (Å²) in [6, 6.07) is 5.97. The Bertz CT molecular complexity index is 663. The van der Waals surface area contributed by atoms with E-state index >= 15 is 0 Å². The number of rotatable bonds is 4. The lowest BCUT2D eigenvalue weighted by Crippen LogP contribution is -2.16. The molecular weight excluding hydrogens is 330 g/mol. The molecule has 0 atom stereocenters. The Balaban J connectivity index is 1.95. The first kappa shape index (κ1) is 13.0. The van der Waals surface area contributed by atoms with Crippen molar-refractivity contribution in [2.45, 2.75) is 35.5 Å². The number of hydrogen-bond acceptors (Lipinski definition) is 4. The number of aliphatic hydroxyl groups excluding tert-OH is 1. The Kier molecular flexibility index (Phi) is 3.51. The molecule has 2 N–H and O–H groups in total. The molecule has 0 radical (unpaired) electrons. The summed E-state index contributed by atoms with van der Waals surface area (Å²) in [5.74, 6) is 0. The monoisotopic (exact) mass is 341 g/mol. The number of hydrogen-bond donors (Lipinski definition) is 2. The lowest BCUT2D eigenvalue weighted by atomic mass is 10.2. The molecule has 19 heavy (non-hydrogen) atoms. The third kappa shape index (κ3) is 2.63. The van der Waals surface area contributed by atoms with Crippen LogP contribution in [0.4, 0.5) is 0 Å². The Morgan fingerprint density at radius 2 is 2.32 bits per heavy atom. The normalized spacial score (nSPS) is 14.8. The highest BCUT2D eigenvalue weighted by molar-refractivity contribution is 9.10. The molecule has 1 heterocycles. The first-order valence-corrected chi connectivity index (χ1v) is 7.54. The van der Waals surface area contributed by atoms with Crippen molar-refractivity contribution in [2.75, 3.05) is 0 Å². The van der Waals surface area contributed by atoms with Crippen molar-refractivity contribution in [2.24, 2.45) is 0 Å². The fourth-order valence-electron chi connectivity index (χ4n) is 1.89. The number of aromatic nitrogens is 3. The molecule has 1 saturated carbocycles. The van der Waals surface area contributed by atoms with Crippen LogP contribution in [0.15, 0.2) is 37.5 Å². The molecule has 1 aliphatic carbocycles. The number of benzene rings is 1. The Labute approximate surface area is 122 Å². The van der Waals surface area contributed by atoms with Gasteiger partial charge in [0.15, 0.2) is 5.16 Å². The van der Waals surface area contributed by atoms with E-state index in [1.54, 1.807) is 4.57 Å². The molecule has 3 rings (SSSR count). The van der Waals surface area contributed by atoms with Gasteiger partial charge in [-0.2, -0.15) is 0 Å². The standard InChI is InChI=1S/C12H12BrN3O2S/c13-8-1-4-10(7(5-8)6-17)19-12-15-14-11(18)16(12)9-2-3-9/h1,4-5,9,17H,2-3,6H2,(H,14,18). The van der Waals surface area contributed by atoms with Gasteiger partial charge in [-0.25, -0.2) is 9.89 Å². The van der Waals surface area contributed by atoms with Crippen LogP contribution in [0.25, 0.3) is 0 Å². The number of H-pyrrole nitrogens is 1. The average molecular weight is 342 g/mol. The third-order valence-corrected chi connectivity index (χ3v) is 4.56. The van der Waals surface area contributed by atoms with Crippen molar-refractivity contribution in [3.8, 4) is 0 Å². The summed E-state index contributed by atoms with van der Waals surface area (Å²) in [5, 5.41) is 16.6. The van der Waals surface area contributed by atoms with E-state index < -0.39 is 0 Å². The molecule has 7 heteroatoms. The zero-order valence-electron chi connectivity index (χ0n) is 9.97. The molecule has 0 aliphatic heterocycles. The van der Waals surface area contributed by atoms with Gasteiger partial charge in [0, 0.05) is 15.4 Å². The lowest BCUT2D eigenvalue weighted by molar-refractivity contribution is 0.279. The highest BCUT2D eigenvalue weighted by Gasteiger charge is 2.28. The van der Waals surface area contributed by atoms with Gasteiger partial charge < -0.3 is 5.11 Å². The molecule has 1 fully saturated rings. The minimum atomic E-state index is -0.160. The zero-order valence-corrected chi connectivity index (χ0v) is 12.4. The summed E-state index contributed by atoms with van der Waals surface area (Å²) >= 11 is 4.78. The SMILES string of the molecule is O=c1[nH]nc(Sc2ccc(Br)cc2CO)n1C1CC1. The third-order valence-electron chi connectivity index (χ3n) is 2.98. The smallest absolute Gasteiger partial charge is 0.344 e. The van der Waals surface area contributed by atoms with E-state index in [1.165, 1.54) is 11.8 Å². The molecule has 0 bridgehead atoms. The topological polar surface area (TPSA) is 70.9 Å². The van der Waals surface area contributed by atoms with Crippen LogP contribution in [-0.2, 0) is 6.61 Å². The van der Waals surface area contributed by atoms with Gasteiger partial charge in [0.25, 0.3) is 0 Å². The fourth-order valence-corrected chi connectivity index (χ4v) is 3.30. The Morgan fingerprint density at radius 1 is 1.53 bits per heavy atom. The minimum absolute atomic E-state index is 0.0418. The molecule has 0 spiro atoms. The van der Waals surface area contributed by atoms with E-state index in [-0.39, 0.29) is 18.3 Å². The van der Waals surface area contributed by atoms with E-state index in [2.05, 4.69) is 26.1 Å². The fraction of sp³-hybridized carbons (Fsp3) is 0.333. The van der Waals surface area contributed by atoms with Crippen molar-refractivity contribution < 1.29 is 5.11 Å². The summed E-state index contributed by atoms with van der Waals surface area (Å²) in [5.41, 5.74) is 0.657. The zero-order chi connectivity index (χ0) is 13.4. The summed E-state index contributed by atoms with van der Waals surface area (Å²) in [4.78, 5) is 12.6. The number of aromatic amines is 1. The second-order valence-electron chi connectivity index (χ2n) is 4.42. The number of nitrogens with one attached hydrogen (secondary N) is 1. The minimum Gasteiger partial charge on any atom is -0.392 e. The maximum atomic E-state index is 11.7. The molecule has 1 aromatic carbocycles. The van der Waals surface area contributed by atoms with Crippen LogP contribution in [-0.4, -0.2) is 19.9 Å². The molecule has 0 saturated heterocycles. The maximum Gasteiger partial charge on any atom is 0.344 e. The van der Waals surface area contributed by atoms with Gasteiger partial charge in [-0.05, 0) is 48.4 Å². The predicted octanol–water partition coefficient (Wildman–Crippen LogP) is 2.31. The van der Waals surface area contributed by atoms with E-state index in [0.29, 0.717) is 5.16 Å². The molecule has 100 valence electrons. The van der Waals surface area contributed by atoms with Gasteiger partial charge in [-0.15, -0.1) is 5.10 Å². The Morgan fingerprint density at radius 3 is 3.00 bits per heavy atom. The van der Waals surface area contributed by atoms with Crippen molar-refractivity contribution in [3.05, 3.63) is 38.7 Å². The van der Waals surface area contributed by atoms with E-state index in [0.717, 1.165) is 27.8 Å². The van der Waals surface area contributed by atoms with E-state index in [4.69, 9.17) is 0 Å². The number of aliphatic hydroxyl groups is 1. The van der Waals surface area contributed by atoms with Crippen LogP contribution in [0.5, 0.6) is 0 Å². The average Bonchev–Trinajstić information content (AvgIpc) is 3.17. The molecular formula is C12H12BrN3O2S. The van der Waals surface area contributed by atoms with Gasteiger partial charge in [0.1, 0.15) is 0 Å². The van der Waals surface area contributed by atoms with Gasteiger partial charge in [-0.3, -0.25) is 4.57 Å². The highest BCUT2D eigenvalue weighted by atomic mass is 79.9. The second kappa shape index (κ2) is 5.15. The summed E-state index contributed by atoms with van der Waals surface area (Å²) < 4.78 is 2.62. The Hall–Kier alpha value is -1.05. The van der Waals surface area contributed by atoms with Gasteiger partial charge in [-0.1, -0.05) is 15.9 Å². The first-order chi connectivity index (χ1) is 9.19.